The van der Waals surface area contributed by atoms with Gasteiger partial charge in [-0.05, 0) is 92.8 Å². The molecule has 0 atom stereocenters. The van der Waals surface area contributed by atoms with Gasteiger partial charge in [0.2, 0.25) is 5.89 Å². The van der Waals surface area contributed by atoms with E-state index in [-0.39, 0.29) is 0 Å². The van der Waals surface area contributed by atoms with E-state index in [0.29, 0.717) is 16.5 Å². The zero-order valence-electron chi connectivity index (χ0n) is 23.3. The average molecular weight is 569 g/mol. The molecule has 1 fully saturated rings. The van der Waals surface area contributed by atoms with Crippen molar-refractivity contribution in [2.45, 2.75) is 46.2 Å². The molecule has 5 nitrogen and oxygen atoms in total. The molecule has 0 radical (unpaired) electrons. The average Bonchev–Trinajstić information content (AvgIpc) is 3.69. The smallest absolute Gasteiger partial charge is 0.227 e. The van der Waals surface area contributed by atoms with Gasteiger partial charge in [-0.3, -0.25) is 4.90 Å². The number of likely N-dealkylation sites (N-methyl/N-ethyl adjacent to an activating group) is 1. The summed E-state index contributed by atoms with van der Waals surface area (Å²) >= 11 is 8.53. The maximum Gasteiger partial charge on any atom is 0.227 e. The predicted octanol–water partition coefficient (Wildman–Crippen LogP) is 8.14. The second-order valence-corrected chi connectivity index (χ2v) is 12.8. The van der Waals surface area contributed by atoms with Crippen LogP contribution in [0.25, 0.3) is 44.3 Å². The number of oxazole rings is 1. The van der Waals surface area contributed by atoms with Gasteiger partial charge in [0.25, 0.3) is 0 Å². The van der Waals surface area contributed by atoms with Crippen molar-refractivity contribution in [3.05, 3.63) is 80.8 Å². The number of likely N-dealkylation sites (tertiary alicyclic amines) is 1. The third-order valence-corrected chi connectivity index (χ3v) is 9.85. The minimum absolute atomic E-state index is 0.611. The molecule has 2 aromatic heterocycles. The monoisotopic (exact) mass is 568 g/mol. The largest absolute Gasteiger partial charge is 0.434 e. The second-order valence-electron chi connectivity index (χ2n) is 11.3. The van der Waals surface area contributed by atoms with Gasteiger partial charge in [0.15, 0.2) is 5.58 Å². The van der Waals surface area contributed by atoms with E-state index in [1.165, 1.54) is 51.2 Å². The molecule has 1 saturated heterocycles. The van der Waals surface area contributed by atoms with Gasteiger partial charge in [-0.1, -0.05) is 41.9 Å². The molecule has 0 aliphatic carbocycles. The van der Waals surface area contributed by atoms with Crippen LogP contribution < -0.4 is 0 Å². The van der Waals surface area contributed by atoms with Crippen LogP contribution in [0.5, 0.6) is 0 Å². The van der Waals surface area contributed by atoms with Crippen LogP contribution in [0.4, 0.5) is 0 Å². The Morgan fingerprint density at radius 3 is 2.38 bits per heavy atom. The molecule has 0 saturated carbocycles. The summed E-state index contributed by atoms with van der Waals surface area (Å²) in [7, 11) is 2.18. The number of hydrogen-bond donors (Lipinski definition) is 0. The lowest BCUT2D eigenvalue weighted by Gasteiger charge is -2.20. The normalized spacial score (nSPS) is 16.2. The number of nitrogens with zero attached hydrogens (tertiary/aromatic N) is 4. The Bertz CT molecular complexity index is 1730. The van der Waals surface area contributed by atoms with Crippen LogP contribution in [-0.2, 0) is 19.5 Å². The lowest BCUT2D eigenvalue weighted by Crippen LogP contribution is -2.25. The first-order valence-electron chi connectivity index (χ1n) is 14.1. The van der Waals surface area contributed by atoms with Crippen LogP contribution in [0.2, 0.25) is 5.02 Å². The maximum atomic E-state index is 6.70. The van der Waals surface area contributed by atoms with Crippen molar-refractivity contribution in [2.24, 2.45) is 0 Å². The Labute approximate surface area is 244 Å². The molecular formula is C33H33ClN4OS. The van der Waals surface area contributed by atoms with Crippen molar-refractivity contribution in [3.8, 4) is 33.2 Å². The van der Waals surface area contributed by atoms with E-state index >= 15 is 0 Å². The number of rotatable bonds is 5. The number of hydrogen-bond acceptors (Lipinski definition) is 6. The van der Waals surface area contributed by atoms with Crippen molar-refractivity contribution in [3.63, 3.8) is 0 Å². The molecule has 0 bridgehead atoms. The number of fused-ring (bicyclic) bond motifs is 2. The second kappa shape index (κ2) is 10.4. The van der Waals surface area contributed by atoms with Crippen LogP contribution in [0, 0.1) is 13.8 Å². The van der Waals surface area contributed by atoms with Gasteiger partial charge >= 0.3 is 0 Å². The lowest BCUT2D eigenvalue weighted by atomic mass is 9.91. The van der Waals surface area contributed by atoms with E-state index in [1.54, 1.807) is 0 Å². The van der Waals surface area contributed by atoms with Crippen LogP contribution >= 0.6 is 22.9 Å². The van der Waals surface area contributed by atoms with E-state index in [0.717, 1.165) is 60.8 Å². The van der Waals surface area contributed by atoms with Gasteiger partial charge in [0.05, 0.1) is 10.7 Å². The molecule has 2 aliphatic rings. The Hall–Kier alpha value is -3.03. The first kappa shape index (κ1) is 25.9. The molecule has 204 valence electrons. The van der Waals surface area contributed by atoms with Crippen molar-refractivity contribution < 1.29 is 4.42 Å². The minimum Gasteiger partial charge on any atom is -0.434 e. The van der Waals surface area contributed by atoms with Crippen molar-refractivity contribution in [2.75, 3.05) is 26.7 Å². The van der Waals surface area contributed by atoms with Crippen molar-refractivity contribution in [1.82, 2.24) is 19.8 Å². The topological polar surface area (TPSA) is 45.4 Å². The fourth-order valence-electron chi connectivity index (χ4n) is 6.21. The third kappa shape index (κ3) is 4.67. The van der Waals surface area contributed by atoms with Gasteiger partial charge in [0, 0.05) is 42.1 Å². The Balaban J connectivity index is 1.25. The Morgan fingerprint density at radius 1 is 0.900 bits per heavy atom. The van der Waals surface area contributed by atoms with Gasteiger partial charge in [0.1, 0.15) is 10.5 Å². The maximum absolute atomic E-state index is 6.70. The van der Waals surface area contributed by atoms with E-state index in [4.69, 9.17) is 26.0 Å². The van der Waals surface area contributed by atoms with Gasteiger partial charge < -0.3 is 9.32 Å². The first-order chi connectivity index (χ1) is 19.4. The number of benzene rings is 3. The standard InChI is InChI=1S/C33H33ClN4OS/c1-20-23(24-9-7-11-26(21(24)2)33-36-28-12-15-37(3)19-30(28)40-33)8-6-10-25(20)32-35-29-17-22(16-27(34)31(29)39-32)18-38-13-4-5-14-38/h6-11,16-17H,4-5,12-15,18-19H2,1-3H3. The highest BCUT2D eigenvalue weighted by Gasteiger charge is 2.22. The molecule has 40 heavy (non-hydrogen) atoms. The van der Waals surface area contributed by atoms with Crippen LogP contribution in [0.1, 0.15) is 40.1 Å². The third-order valence-electron chi connectivity index (χ3n) is 8.45. The molecule has 0 N–H and O–H groups in total. The lowest BCUT2D eigenvalue weighted by molar-refractivity contribution is 0.314. The summed E-state index contributed by atoms with van der Waals surface area (Å²) < 4.78 is 6.29. The van der Waals surface area contributed by atoms with Crippen molar-refractivity contribution in [1.29, 1.82) is 0 Å². The summed E-state index contributed by atoms with van der Waals surface area (Å²) in [6, 6.07) is 17.1. The molecule has 3 aromatic carbocycles. The molecule has 7 heteroatoms. The van der Waals surface area contributed by atoms with Crippen LogP contribution in [0.3, 0.4) is 0 Å². The summed E-state index contributed by atoms with van der Waals surface area (Å²) in [5.74, 6) is 0.611. The highest BCUT2D eigenvalue weighted by atomic mass is 35.5. The summed E-state index contributed by atoms with van der Waals surface area (Å²) in [5, 5.41) is 1.74. The Morgan fingerprint density at radius 2 is 1.60 bits per heavy atom. The summed E-state index contributed by atoms with van der Waals surface area (Å²) in [6.45, 7) is 9.63. The van der Waals surface area contributed by atoms with Gasteiger partial charge in [-0.2, -0.15) is 0 Å². The van der Waals surface area contributed by atoms with Crippen LogP contribution in [0.15, 0.2) is 52.9 Å². The molecule has 4 heterocycles. The van der Waals surface area contributed by atoms with Gasteiger partial charge in [-0.15, -0.1) is 11.3 Å². The summed E-state index contributed by atoms with van der Waals surface area (Å²) in [5.41, 5.74) is 10.9. The van der Waals surface area contributed by atoms with Crippen molar-refractivity contribution >= 4 is 34.0 Å². The molecule has 7 rings (SSSR count). The fraction of sp³-hybridized carbons (Fsp3) is 0.333. The van der Waals surface area contributed by atoms with Gasteiger partial charge in [-0.25, -0.2) is 9.97 Å². The fourth-order valence-corrected chi connectivity index (χ4v) is 7.75. The predicted molar refractivity (Wildman–Crippen MR) is 165 cm³/mol. The van der Waals surface area contributed by atoms with E-state index < -0.39 is 0 Å². The van der Waals surface area contributed by atoms with E-state index in [1.807, 2.05) is 17.4 Å². The molecule has 2 aliphatic heterocycles. The van der Waals surface area contributed by atoms with E-state index in [9.17, 15) is 0 Å². The van der Waals surface area contributed by atoms with E-state index in [2.05, 4.69) is 73.2 Å². The summed E-state index contributed by atoms with van der Waals surface area (Å²) in [4.78, 5) is 16.2. The number of halogens is 1. The SMILES string of the molecule is Cc1c(-c2nc3cc(CN4CCCC4)cc(Cl)c3o2)cccc1-c1cccc(-c2nc3c(s2)CN(C)CC3)c1C. The van der Waals surface area contributed by atoms with Crippen LogP contribution in [-0.4, -0.2) is 46.4 Å². The quantitative estimate of drug-likeness (QED) is 0.214. The molecule has 0 unspecified atom stereocenters. The molecule has 0 amide bonds. The summed E-state index contributed by atoms with van der Waals surface area (Å²) in [6.07, 6.45) is 3.56. The molecule has 0 spiro atoms. The highest BCUT2D eigenvalue weighted by Crippen LogP contribution is 2.40. The number of aromatic nitrogens is 2. The first-order valence-corrected chi connectivity index (χ1v) is 15.3. The highest BCUT2D eigenvalue weighted by molar-refractivity contribution is 7.15. The molecular weight excluding hydrogens is 536 g/mol. The molecule has 5 aromatic rings. The zero-order valence-corrected chi connectivity index (χ0v) is 24.8. The minimum atomic E-state index is 0.611. The number of thiazole rings is 1. The zero-order chi connectivity index (χ0) is 27.4. The Kier molecular flexibility index (Phi) is 6.75.